The lowest BCUT2D eigenvalue weighted by molar-refractivity contribution is -0.137. The first kappa shape index (κ1) is 32.1. The first-order valence-electron chi connectivity index (χ1n) is 13.7. The minimum Gasteiger partial charge on any atom is -0.362 e. The van der Waals surface area contributed by atoms with Gasteiger partial charge >= 0.3 is 6.18 Å². The zero-order valence-electron chi connectivity index (χ0n) is 23.7. The highest BCUT2D eigenvalue weighted by Gasteiger charge is 2.50. The molecule has 0 radical (unpaired) electrons. The summed E-state index contributed by atoms with van der Waals surface area (Å²) in [5, 5.41) is 5.82. The second-order valence-corrected chi connectivity index (χ2v) is 12.0. The van der Waals surface area contributed by atoms with Crippen LogP contribution < -0.4 is 10.6 Å². The van der Waals surface area contributed by atoms with Crippen molar-refractivity contribution in [1.82, 2.24) is 19.6 Å². The Hall–Kier alpha value is -4.30. The summed E-state index contributed by atoms with van der Waals surface area (Å²) in [7, 11) is -2.16. The van der Waals surface area contributed by atoms with Crippen molar-refractivity contribution < 1.29 is 35.3 Å². The van der Waals surface area contributed by atoms with Crippen LogP contribution in [-0.4, -0.2) is 42.9 Å². The largest absolute Gasteiger partial charge is 0.416 e. The smallest absolute Gasteiger partial charge is 0.362 e. The van der Waals surface area contributed by atoms with E-state index >= 15 is 0 Å². The number of hydrogen-bond donors (Lipinski definition) is 2. The number of carbonyl (C=O) groups is 1. The minimum atomic E-state index is -4.52. The van der Waals surface area contributed by atoms with Gasteiger partial charge in [-0.3, -0.25) is 9.78 Å². The quantitative estimate of drug-likeness (QED) is 0.202. The van der Waals surface area contributed by atoms with Crippen molar-refractivity contribution in [3.63, 3.8) is 0 Å². The van der Waals surface area contributed by atoms with E-state index in [9.17, 15) is 35.3 Å². The average molecular weight is 648 g/mol. The Kier molecular flexibility index (Phi) is 9.26. The van der Waals surface area contributed by atoms with Crippen LogP contribution in [0.3, 0.4) is 0 Å². The molecule has 0 spiro atoms. The van der Waals surface area contributed by atoms with E-state index in [-0.39, 0.29) is 17.5 Å². The Morgan fingerprint density at radius 2 is 1.78 bits per heavy atom. The van der Waals surface area contributed by atoms with Gasteiger partial charge in [-0.15, -0.1) is 0 Å². The number of alkyl halides is 5. The van der Waals surface area contributed by atoms with Gasteiger partial charge in [0.2, 0.25) is 5.91 Å². The lowest BCUT2D eigenvalue weighted by Gasteiger charge is -2.22. The Labute approximate surface area is 257 Å². The summed E-state index contributed by atoms with van der Waals surface area (Å²) in [5.41, 5.74) is 1.02. The molecule has 1 amide bonds. The molecular weight excluding hydrogens is 620 g/mol. The van der Waals surface area contributed by atoms with Gasteiger partial charge in [0.25, 0.3) is 5.92 Å². The van der Waals surface area contributed by atoms with Gasteiger partial charge in [0.05, 0.1) is 34.4 Å². The molecule has 0 bridgehead atoms. The van der Waals surface area contributed by atoms with Crippen LogP contribution in [0, 0.1) is 5.82 Å². The predicted octanol–water partition coefficient (Wildman–Crippen LogP) is 6.52. The van der Waals surface area contributed by atoms with Crippen molar-refractivity contribution >= 4 is 22.7 Å². The van der Waals surface area contributed by atoms with E-state index in [0.717, 1.165) is 28.6 Å². The highest BCUT2D eigenvalue weighted by Crippen LogP contribution is 2.35. The fourth-order valence-corrected chi connectivity index (χ4v) is 6.19. The zero-order chi connectivity index (χ0) is 32.4. The third kappa shape index (κ3) is 7.87. The first-order valence-corrected chi connectivity index (χ1v) is 14.9. The minimum absolute atomic E-state index is 0.0694. The highest BCUT2D eigenvalue weighted by molar-refractivity contribution is 7.82. The van der Waals surface area contributed by atoms with Gasteiger partial charge < -0.3 is 10.6 Å². The van der Waals surface area contributed by atoms with Crippen LogP contribution >= 0.6 is 0 Å². The van der Waals surface area contributed by atoms with Gasteiger partial charge in [-0.1, -0.05) is 18.2 Å². The third-order valence-electron chi connectivity index (χ3n) is 7.11. The maximum atomic E-state index is 14.5. The molecule has 1 aliphatic rings. The standard InChI is InChI=1S/C31H27F6N5O2S/c1-19(25-4-2-3-13-38-25)40-28-15-20(14-26(41-28)21-5-7-22(8-6-21)31(35,36)37)17-39-29(43)27-16-30(33,34)18-42(27)45(44)24-11-9-23(32)10-12-24/h2-15,19,27H,16-18H2,1H3,(H,39,43)(H,40,41)/t19?,27-,45?/m0/s1. The van der Waals surface area contributed by atoms with Gasteiger partial charge in [0, 0.05) is 24.7 Å². The molecule has 4 aromatic rings. The number of nitrogens with zero attached hydrogens (tertiary/aromatic N) is 3. The first-order chi connectivity index (χ1) is 21.3. The van der Waals surface area contributed by atoms with Gasteiger partial charge in [-0.2, -0.15) is 13.2 Å². The maximum absolute atomic E-state index is 14.5. The Morgan fingerprint density at radius 3 is 2.42 bits per heavy atom. The van der Waals surface area contributed by atoms with Crippen LogP contribution in [0.25, 0.3) is 11.3 Å². The van der Waals surface area contributed by atoms with E-state index in [2.05, 4.69) is 20.6 Å². The Morgan fingerprint density at radius 1 is 1.07 bits per heavy atom. The summed E-state index contributed by atoms with van der Waals surface area (Å²) in [6.45, 7) is 0.759. The van der Waals surface area contributed by atoms with Crippen molar-refractivity contribution in [3.8, 4) is 11.3 Å². The summed E-state index contributed by atoms with van der Waals surface area (Å²) in [6, 6.07) is 15.7. The molecule has 2 unspecified atom stereocenters. The number of amides is 1. The molecule has 45 heavy (non-hydrogen) atoms. The van der Waals surface area contributed by atoms with Crippen molar-refractivity contribution in [3.05, 3.63) is 108 Å². The molecule has 5 rings (SSSR count). The van der Waals surface area contributed by atoms with Crippen LogP contribution in [-0.2, 0) is 28.5 Å². The molecular formula is C31H27F6N5O2S. The van der Waals surface area contributed by atoms with Crippen LogP contribution in [0.4, 0.5) is 32.2 Å². The van der Waals surface area contributed by atoms with Crippen LogP contribution in [0.5, 0.6) is 0 Å². The fourth-order valence-electron chi connectivity index (χ4n) is 4.85. The van der Waals surface area contributed by atoms with Crippen molar-refractivity contribution in [2.24, 2.45) is 0 Å². The zero-order valence-corrected chi connectivity index (χ0v) is 24.5. The van der Waals surface area contributed by atoms with E-state index in [1.807, 2.05) is 13.0 Å². The number of hydrogen-bond acceptors (Lipinski definition) is 5. The Bertz CT molecular complexity index is 1670. The van der Waals surface area contributed by atoms with Gasteiger partial charge in [0.1, 0.15) is 28.7 Å². The molecule has 2 N–H and O–H groups in total. The topological polar surface area (TPSA) is 87.2 Å². The van der Waals surface area contributed by atoms with E-state index in [1.165, 1.54) is 24.3 Å². The molecule has 7 nitrogen and oxygen atoms in total. The summed E-state index contributed by atoms with van der Waals surface area (Å²) in [4.78, 5) is 22.1. The fraction of sp³-hybridized carbons (Fsp3) is 0.258. The maximum Gasteiger partial charge on any atom is 0.416 e. The summed E-state index contributed by atoms with van der Waals surface area (Å²) in [6.07, 6.45) is -3.76. The van der Waals surface area contributed by atoms with E-state index in [1.54, 1.807) is 30.5 Å². The van der Waals surface area contributed by atoms with E-state index in [4.69, 9.17) is 0 Å². The molecule has 3 atom stereocenters. The average Bonchev–Trinajstić information content (AvgIpc) is 3.35. The van der Waals surface area contributed by atoms with Crippen LogP contribution in [0.2, 0.25) is 0 Å². The van der Waals surface area contributed by atoms with Gasteiger partial charge in [-0.25, -0.2) is 26.7 Å². The molecule has 14 heteroatoms. The molecule has 2 aromatic heterocycles. The summed E-state index contributed by atoms with van der Waals surface area (Å²) < 4.78 is 95.7. The van der Waals surface area contributed by atoms with Gasteiger partial charge in [-0.05, 0) is 73.2 Å². The molecule has 1 saturated heterocycles. The number of anilines is 1. The molecule has 2 aromatic carbocycles. The molecule has 1 aliphatic heterocycles. The number of benzene rings is 2. The number of rotatable bonds is 9. The van der Waals surface area contributed by atoms with Crippen molar-refractivity contribution in [2.75, 3.05) is 11.9 Å². The summed E-state index contributed by atoms with van der Waals surface area (Å²) in [5.74, 6) is -4.34. The van der Waals surface area contributed by atoms with E-state index < -0.39 is 59.4 Å². The molecule has 0 aliphatic carbocycles. The van der Waals surface area contributed by atoms with Crippen molar-refractivity contribution in [2.45, 2.75) is 49.0 Å². The lowest BCUT2D eigenvalue weighted by Crippen LogP contribution is -2.43. The lowest BCUT2D eigenvalue weighted by atomic mass is 10.1. The van der Waals surface area contributed by atoms with Crippen molar-refractivity contribution in [1.29, 1.82) is 0 Å². The third-order valence-corrected chi connectivity index (χ3v) is 8.60. The number of nitrogens with one attached hydrogen (secondary N) is 2. The summed E-state index contributed by atoms with van der Waals surface area (Å²) >= 11 is 0. The predicted molar refractivity (Wildman–Crippen MR) is 156 cm³/mol. The second-order valence-electron chi connectivity index (χ2n) is 10.5. The molecule has 236 valence electrons. The second kappa shape index (κ2) is 13.0. The van der Waals surface area contributed by atoms with E-state index in [0.29, 0.717) is 28.3 Å². The number of carbonyl (C=O) groups excluding carboxylic acids is 1. The van der Waals surface area contributed by atoms with Gasteiger partial charge in [0.15, 0.2) is 0 Å². The van der Waals surface area contributed by atoms with Crippen LogP contribution in [0.1, 0.15) is 36.2 Å². The highest BCUT2D eigenvalue weighted by atomic mass is 32.2. The SMILES string of the molecule is CC(Nc1cc(CNC(=O)[C@@H]2CC(F)(F)CN2S(=O)c2ccc(F)cc2)cc(-c2ccc(C(F)(F)F)cc2)n1)c1ccccn1. The van der Waals surface area contributed by atoms with Crippen LogP contribution in [0.15, 0.2) is 90.0 Å². The number of pyridine rings is 2. The molecule has 1 fully saturated rings. The molecule has 3 heterocycles. The Balaban J connectivity index is 1.39. The number of halogens is 6. The molecule has 0 saturated carbocycles. The number of aromatic nitrogens is 2. The monoisotopic (exact) mass is 647 g/mol. The normalized spacial score (nSPS) is 17.9.